The molecule has 1 saturated heterocycles. The molecule has 4 aromatic rings. The van der Waals surface area contributed by atoms with Crippen molar-refractivity contribution in [3.05, 3.63) is 81.6 Å². The second kappa shape index (κ2) is 10.9. The molecular weight excluding hydrogens is 600 g/mol. The third-order valence-corrected chi connectivity index (χ3v) is 7.13. The van der Waals surface area contributed by atoms with E-state index in [1.165, 1.54) is 13.1 Å². The summed E-state index contributed by atoms with van der Waals surface area (Å²) in [5.74, 6) is -2.01. The SMILES string of the molecule is Cc1nc([C@@H]2O[C@H](CO)[C@H](O)[C@H](n3cc(-c4cc(F)c(Cl)cc4F)cn3)[C@H]2O)n(-c2cc(Cl)ccc2C(F)(F)F)n1. The van der Waals surface area contributed by atoms with Crippen molar-refractivity contribution in [3.63, 3.8) is 0 Å². The molecule has 0 radical (unpaired) electrons. The van der Waals surface area contributed by atoms with Crippen molar-refractivity contribution in [3.8, 4) is 16.8 Å². The Balaban J connectivity index is 1.59. The van der Waals surface area contributed by atoms with Crippen LogP contribution < -0.4 is 0 Å². The van der Waals surface area contributed by atoms with E-state index >= 15 is 0 Å². The van der Waals surface area contributed by atoms with Gasteiger partial charge in [0, 0.05) is 22.3 Å². The number of benzene rings is 2. The minimum atomic E-state index is -4.81. The molecule has 5 atom stereocenters. The van der Waals surface area contributed by atoms with E-state index in [4.69, 9.17) is 27.9 Å². The van der Waals surface area contributed by atoms with Crippen molar-refractivity contribution in [2.24, 2.45) is 0 Å². The molecule has 0 bridgehead atoms. The second-order valence-electron chi connectivity index (χ2n) is 9.29. The molecule has 218 valence electrons. The first-order valence-corrected chi connectivity index (χ1v) is 12.7. The van der Waals surface area contributed by atoms with Gasteiger partial charge in [0.25, 0.3) is 0 Å². The molecule has 9 nitrogen and oxygen atoms in total. The summed E-state index contributed by atoms with van der Waals surface area (Å²) in [6, 6.07) is 3.09. The van der Waals surface area contributed by atoms with Crippen LogP contribution in [0.4, 0.5) is 22.0 Å². The van der Waals surface area contributed by atoms with Crippen molar-refractivity contribution in [2.75, 3.05) is 6.61 Å². The number of nitrogens with zero attached hydrogens (tertiary/aromatic N) is 5. The first-order valence-electron chi connectivity index (χ1n) is 11.9. The summed E-state index contributed by atoms with van der Waals surface area (Å²) in [6.07, 6.45) is -8.68. The Morgan fingerprint density at radius 1 is 1.05 bits per heavy atom. The molecule has 41 heavy (non-hydrogen) atoms. The van der Waals surface area contributed by atoms with Crippen molar-refractivity contribution in [1.82, 2.24) is 24.5 Å². The van der Waals surface area contributed by atoms with E-state index in [-0.39, 0.29) is 27.8 Å². The molecule has 0 saturated carbocycles. The first-order chi connectivity index (χ1) is 19.3. The molecule has 3 heterocycles. The number of halogens is 7. The lowest BCUT2D eigenvalue weighted by molar-refractivity contribution is -0.210. The number of hydrogen-bond donors (Lipinski definition) is 3. The molecule has 3 N–H and O–H groups in total. The number of aromatic nitrogens is 5. The molecule has 0 unspecified atom stereocenters. The smallest absolute Gasteiger partial charge is 0.394 e. The van der Waals surface area contributed by atoms with Crippen LogP contribution in [0.5, 0.6) is 0 Å². The summed E-state index contributed by atoms with van der Waals surface area (Å²) in [6.45, 7) is 0.645. The molecule has 0 aliphatic carbocycles. The van der Waals surface area contributed by atoms with Crippen molar-refractivity contribution in [1.29, 1.82) is 0 Å². The largest absolute Gasteiger partial charge is 0.418 e. The van der Waals surface area contributed by atoms with Crippen LogP contribution in [0.3, 0.4) is 0 Å². The summed E-state index contributed by atoms with van der Waals surface area (Å²) in [5, 5.41) is 39.9. The van der Waals surface area contributed by atoms with Crippen molar-refractivity contribution in [2.45, 2.75) is 43.6 Å². The molecule has 5 rings (SSSR count). The van der Waals surface area contributed by atoms with Gasteiger partial charge >= 0.3 is 6.18 Å². The molecule has 2 aromatic heterocycles. The molecule has 1 aliphatic heterocycles. The Kier molecular flexibility index (Phi) is 7.82. The maximum Gasteiger partial charge on any atom is 0.418 e. The molecule has 1 aliphatic rings. The fourth-order valence-electron chi connectivity index (χ4n) is 4.72. The summed E-state index contributed by atoms with van der Waals surface area (Å²) < 4.78 is 77.8. The predicted molar refractivity (Wildman–Crippen MR) is 134 cm³/mol. The number of aliphatic hydroxyl groups is 3. The average molecular weight is 620 g/mol. The normalized spacial score (nSPS) is 23.2. The van der Waals surface area contributed by atoms with Gasteiger partial charge in [-0.15, -0.1) is 0 Å². The minimum Gasteiger partial charge on any atom is -0.394 e. The van der Waals surface area contributed by atoms with E-state index in [1.807, 2.05) is 0 Å². The number of rotatable bonds is 5. The number of aliphatic hydroxyl groups excluding tert-OH is 3. The zero-order valence-corrected chi connectivity index (χ0v) is 22.3. The maximum atomic E-state index is 14.5. The molecule has 0 amide bonds. The third kappa shape index (κ3) is 5.43. The average Bonchev–Trinajstić information content (AvgIpc) is 3.53. The van der Waals surface area contributed by atoms with Crippen LogP contribution in [0.25, 0.3) is 16.8 Å². The number of aryl methyl sites for hydroxylation is 1. The van der Waals surface area contributed by atoms with E-state index in [0.717, 1.165) is 45.9 Å². The third-order valence-electron chi connectivity index (χ3n) is 6.61. The fourth-order valence-corrected chi connectivity index (χ4v) is 5.04. The standard InChI is InChI=1S/C25H20Cl2F5N5O4/c1-10-34-24(37(35-10)18-4-12(26)2-3-14(18)25(30,31)32)23-22(40)20(21(39)19(9-38)41-23)36-8-11(7-33-36)13-5-17(29)15(27)6-16(13)28/h2-8,19-23,38-40H,9H2,1H3/t19-,20+,21+,22-,23-/m1/s1. The monoisotopic (exact) mass is 619 g/mol. The topological polar surface area (TPSA) is 118 Å². The van der Waals surface area contributed by atoms with E-state index < -0.39 is 71.1 Å². The van der Waals surface area contributed by atoms with Gasteiger partial charge < -0.3 is 20.1 Å². The predicted octanol–water partition coefficient (Wildman–Crippen LogP) is 4.44. The quantitative estimate of drug-likeness (QED) is 0.223. The van der Waals surface area contributed by atoms with E-state index in [1.54, 1.807) is 0 Å². The highest BCUT2D eigenvalue weighted by molar-refractivity contribution is 6.31. The number of hydrogen-bond acceptors (Lipinski definition) is 7. The van der Waals surface area contributed by atoms with Gasteiger partial charge in [0.1, 0.15) is 47.9 Å². The molecule has 0 spiro atoms. The van der Waals surface area contributed by atoms with Gasteiger partial charge in [-0.25, -0.2) is 18.4 Å². The summed E-state index contributed by atoms with van der Waals surface area (Å²) in [5.41, 5.74) is -1.74. The van der Waals surface area contributed by atoms with Crippen LogP contribution in [0, 0.1) is 18.6 Å². The van der Waals surface area contributed by atoms with Gasteiger partial charge in [0.15, 0.2) is 5.82 Å². The van der Waals surface area contributed by atoms with Crippen LogP contribution >= 0.6 is 23.2 Å². The first kappa shape index (κ1) is 29.4. The lowest BCUT2D eigenvalue weighted by Gasteiger charge is -2.42. The zero-order valence-electron chi connectivity index (χ0n) is 20.8. The Morgan fingerprint density at radius 3 is 2.46 bits per heavy atom. The zero-order chi connectivity index (χ0) is 29.8. The highest BCUT2D eigenvalue weighted by Crippen LogP contribution is 2.41. The van der Waals surface area contributed by atoms with Gasteiger partial charge in [-0.1, -0.05) is 23.2 Å². The van der Waals surface area contributed by atoms with E-state index in [0.29, 0.717) is 0 Å². The Morgan fingerprint density at radius 2 is 1.78 bits per heavy atom. The fraction of sp³-hybridized carbons (Fsp3) is 0.320. The lowest BCUT2D eigenvalue weighted by atomic mass is 9.92. The van der Waals surface area contributed by atoms with Gasteiger partial charge in [-0.2, -0.15) is 23.4 Å². The highest BCUT2D eigenvalue weighted by Gasteiger charge is 2.48. The van der Waals surface area contributed by atoms with Crippen LogP contribution in [-0.4, -0.2) is 64.8 Å². The van der Waals surface area contributed by atoms with E-state index in [2.05, 4.69) is 15.2 Å². The molecular formula is C25H20Cl2F5N5O4. The minimum absolute atomic E-state index is 0.0220. The van der Waals surface area contributed by atoms with E-state index in [9.17, 15) is 37.3 Å². The number of alkyl halides is 3. The van der Waals surface area contributed by atoms with Gasteiger partial charge in [-0.05, 0) is 37.3 Å². The lowest BCUT2D eigenvalue weighted by Crippen LogP contribution is -2.53. The molecule has 16 heteroatoms. The summed E-state index contributed by atoms with van der Waals surface area (Å²) >= 11 is 11.6. The van der Waals surface area contributed by atoms with Crippen molar-refractivity contribution >= 4 is 23.2 Å². The van der Waals surface area contributed by atoms with Gasteiger partial charge in [-0.3, -0.25) is 4.68 Å². The van der Waals surface area contributed by atoms with Gasteiger partial charge in [0.05, 0.1) is 29.1 Å². The summed E-state index contributed by atoms with van der Waals surface area (Å²) in [4.78, 5) is 4.18. The Hall–Kier alpha value is -3.14. The maximum absolute atomic E-state index is 14.5. The van der Waals surface area contributed by atoms with Crippen LogP contribution in [0.2, 0.25) is 10.0 Å². The second-order valence-corrected chi connectivity index (χ2v) is 10.1. The molecule has 1 fully saturated rings. The van der Waals surface area contributed by atoms with Crippen molar-refractivity contribution < 1.29 is 42.0 Å². The van der Waals surface area contributed by atoms with Crippen LogP contribution in [0.15, 0.2) is 42.7 Å². The Labute approximate surface area is 238 Å². The van der Waals surface area contributed by atoms with Gasteiger partial charge in [0.2, 0.25) is 0 Å². The number of ether oxygens (including phenoxy) is 1. The van der Waals surface area contributed by atoms with Crippen LogP contribution in [-0.2, 0) is 10.9 Å². The Bertz CT molecular complexity index is 1600. The summed E-state index contributed by atoms with van der Waals surface area (Å²) in [7, 11) is 0. The highest BCUT2D eigenvalue weighted by atomic mass is 35.5. The van der Waals surface area contributed by atoms with Crippen LogP contribution in [0.1, 0.15) is 29.4 Å². The molecule has 2 aromatic carbocycles.